The van der Waals surface area contributed by atoms with Crippen molar-refractivity contribution in [2.24, 2.45) is 5.92 Å². The maximum atomic E-state index is 11.6. The highest BCUT2D eigenvalue weighted by Crippen LogP contribution is 2.35. The van der Waals surface area contributed by atoms with Crippen molar-refractivity contribution in [1.29, 1.82) is 0 Å². The van der Waals surface area contributed by atoms with E-state index in [9.17, 15) is 9.90 Å². The first-order valence-electron chi connectivity index (χ1n) is 9.16. The summed E-state index contributed by atoms with van der Waals surface area (Å²) in [6.45, 7) is 3.28. The van der Waals surface area contributed by atoms with Gasteiger partial charge in [-0.1, -0.05) is 23.7 Å². The number of aliphatic carboxylic acids is 1. The van der Waals surface area contributed by atoms with Crippen LogP contribution in [0.4, 0.5) is 5.82 Å². The minimum absolute atomic E-state index is 0.363. The Labute approximate surface area is 172 Å². The van der Waals surface area contributed by atoms with E-state index < -0.39 is 5.97 Å². The van der Waals surface area contributed by atoms with Crippen LogP contribution in [-0.2, 0) is 4.79 Å². The van der Waals surface area contributed by atoms with E-state index in [1.54, 1.807) is 11.8 Å². The number of carbonyl (C=O) groups is 1. The number of carboxylic acids is 1. The molecule has 0 spiro atoms. The van der Waals surface area contributed by atoms with Gasteiger partial charge in [0.2, 0.25) is 0 Å². The Bertz CT molecular complexity index is 1030. The molecule has 1 aliphatic rings. The molecule has 6 nitrogen and oxygen atoms in total. The minimum atomic E-state index is -0.736. The van der Waals surface area contributed by atoms with Crippen LogP contribution in [0.15, 0.2) is 35.2 Å². The largest absolute Gasteiger partial charge is 0.481 e. The molecule has 8 heteroatoms. The minimum Gasteiger partial charge on any atom is -0.481 e. The zero-order chi connectivity index (χ0) is 19.8. The third-order valence-electron chi connectivity index (χ3n) is 5.12. The standard InChI is InChI=1S/C20H21ClN4O2S/c1-12-18(28-2)19(24-9-3-4-14(11-24)20(26)27)25-17(22-12)10-16(23-25)13-5-7-15(21)8-6-13/h5-8,10,14H,3-4,9,11H2,1-2H3,(H,26,27). The lowest BCUT2D eigenvalue weighted by atomic mass is 9.98. The van der Waals surface area contributed by atoms with Crippen molar-refractivity contribution in [2.75, 3.05) is 24.2 Å². The zero-order valence-corrected chi connectivity index (χ0v) is 17.3. The van der Waals surface area contributed by atoms with Crippen molar-refractivity contribution in [3.63, 3.8) is 0 Å². The zero-order valence-electron chi connectivity index (χ0n) is 15.7. The van der Waals surface area contributed by atoms with Gasteiger partial charge in [0.25, 0.3) is 0 Å². The molecular weight excluding hydrogens is 396 g/mol. The Morgan fingerprint density at radius 3 is 2.75 bits per heavy atom. The lowest BCUT2D eigenvalue weighted by Crippen LogP contribution is -2.40. The Balaban J connectivity index is 1.85. The fraction of sp³-hybridized carbons (Fsp3) is 0.350. The van der Waals surface area contributed by atoms with Gasteiger partial charge in [-0.15, -0.1) is 11.8 Å². The van der Waals surface area contributed by atoms with E-state index in [4.69, 9.17) is 21.7 Å². The predicted octanol–water partition coefficient (Wildman–Crippen LogP) is 4.38. The molecule has 1 unspecified atom stereocenters. The highest BCUT2D eigenvalue weighted by molar-refractivity contribution is 7.98. The first kappa shape index (κ1) is 19.1. The van der Waals surface area contributed by atoms with Crippen molar-refractivity contribution < 1.29 is 9.90 Å². The second-order valence-electron chi connectivity index (χ2n) is 6.98. The summed E-state index contributed by atoms with van der Waals surface area (Å²) in [5.41, 5.74) is 3.46. The number of thioether (sulfide) groups is 1. The lowest BCUT2D eigenvalue weighted by molar-refractivity contribution is -0.141. The van der Waals surface area contributed by atoms with Crippen LogP contribution in [0, 0.1) is 12.8 Å². The molecule has 2 aromatic heterocycles. The summed E-state index contributed by atoms with van der Waals surface area (Å²) >= 11 is 7.63. The van der Waals surface area contributed by atoms with E-state index >= 15 is 0 Å². The maximum Gasteiger partial charge on any atom is 0.308 e. The van der Waals surface area contributed by atoms with Crippen molar-refractivity contribution in [3.8, 4) is 11.3 Å². The number of carboxylic acid groups (broad SMARTS) is 1. The number of fused-ring (bicyclic) bond motifs is 1. The highest BCUT2D eigenvalue weighted by Gasteiger charge is 2.29. The van der Waals surface area contributed by atoms with Crippen LogP contribution in [0.3, 0.4) is 0 Å². The normalized spacial score (nSPS) is 17.2. The average Bonchev–Trinajstić information content (AvgIpc) is 3.10. The third-order valence-corrected chi connectivity index (χ3v) is 6.26. The first-order valence-corrected chi connectivity index (χ1v) is 10.8. The quantitative estimate of drug-likeness (QED) is 0.636. The van der Waals surface area contributed by atoms with E-state index in [2.05, 4.69) is 4.90 Å². The number of benzene rings is 1. The molecule has 1 atom stereocenters. The van der Waals surface area contributed by atoms with E-state index in [0.717, 1.165) is 46.3 Å². The topological polar surface area (TPSA) is 70.7 Å². The number of aryl methyl sites for hydroxylation is 1. The number of nitrogens with zero attached hydrogens (tertiary/aromatic N) is 4. The van der Waals surface area contributed by atoms with Crippen molar-refractivity contribution in [3.05, 3.63) is 41.0 Å². The molecule has 0 radical (unpaired) electrons. The van der Waals surface area contributed by atoms with Crippen LogP contribution in [-0.4, -0.2) is 45.0 Å². The molecule has 1 saturated heterocycles. The van der Waals surface area contributed by atoms with Crippen molar-refractivity contribution >= 4 is 40.8 Å². The Morgan fingerprint density at radius 2 is 2.07 bits per heavy atom. The van der Waals surface area contributed by atoms with Crippen LogP contribution < -0.4 is 4.90 Å². The van der Waals surface area contributed by atoms with Crippen LogP contribution >= 0.6 is 23.4 Å². The summed E-state index contributed by atoms with van der Waals surface area (Å²) in [5.74, 6) is -0.167. The van der Waals surface area contributed by atoms with Crippen LogP contribution in [0.25, 0.3) is 16.9 Å². The fourth-order valence-electron chi connectivity index (χ4n) is 3.74. The van der Waals surface area contributed by atoms with Gasteiger partial charge >= 0.3 is 5.97 Å². The summed E-state index contributed by atoms with van der Waals surface area (Å²) in [7, 11) is 0. The molecule has 1 aromatic carbocycles. The fourth-order valence-corrected chi connectivity index (χ4v) is 4.60. The number of piperidine rings is 1. The van der Waals surface area contributed by atoms with Crippen LogP contribution in [0.5, 0.6) is 0 Å². The van der Waals surface area contributed by atoms with Crippen molar-refractivity contribution in [1.82, 2.24) is 14.6 Å². The monoisotopic (exact) mass is 416 g/mol. The second kappa shape index (κ2) is 7.64. The third kappa shape index (κ3) is 3.44. The van der Waals surface area contributed by atoms with E-state index in [0.29, 0.717) is 18.0 Å². The number of aromatic nitrogens is 3. The van der Waals surface area contributed by atoms with Gasteiger partial charge in [0.05, 0.1) is 22.2 Å². The van der Waals surface area contributed by atoms with Gasteiger partial charge in [0.1, 0.15) is 5.82 Å². The van der Waals surface area contributed by atoms with Gasteiger partial charge in [-0.05, 0) is 38.2 Å². The highest BCUT2D eigenvalue weighted by atomic mass is 35.5. The Kier molecular flexibility index (Phi) is 5.21. The lowest BCUT2D eigenvalue weighted by Gasteiger charge is -2.33. The van der Waals surface area contributed by atoms with Gasteiger partial charge in [-0.2, -0.15) is 9.61 Å². The molecule has 0 bridgehead atoms. The molecule has 1 fully saturated rings. The summed E-state index contributed by atoms with van der Waals surface area (Å²) < 4.78 is 1.85. The molecule has 28 heavy (non-hydrogen) atoms. The molecule has 0 aliphatic carbocycles. The molecule has 3 heterocycles. The molecular formula is C20H21ClN4O2S. The number of halogens is 1. The van der Waals surface area contributed by atoms with Crippen LogP contribution in [0.1, 0.15) is 18.5 Å². The average molecular weight is 417 g/mol. The van der Waals surface area contributed by atoms with Crippen molar-refractivity contribution in [2.45, 2.75) is 24.7 Å². The van der Waals surface area contributed by atoms with Gasteiger partial charge in [0, 0.05) is 29.7 Å². The SMILES string of the molecule is CSc1c(C)nc2cc(-c3ccc(Cl)cc3)nn2c1N1CCCC(C(=O)O)C1. The molecule has 1 aliphatic heterocycles. The maximum absolute atomic E-state index is 11.6. The number of rotatable bonds is 4. The van der Waals surface area contributed by atoms with E-state index in [-0.39, 0.29) is 5.92 Å². The number of hydrogen-bond donors (Lipinski definition) is 1. The number of hydrogen-bond acceptors (Lipinski definition) is 5. The summed E-state index contributed by atoms with van der Waals surface area (Å²) in [6, 6.07) is 9.52. The molecule has 1 N–H and O–H groups in total. The van der Waals surface area contributed by atoms with Crippen LogP contribution in [0.2, 0.25) is 5.02 Å². The number of anilines is 1. The molecule has 146 valence electrons. The Morgan fingerprint density at radius 1 is 1.32 bits per heavy atom. The van der Waals surface area contributed by atoms with E-state index in [1.807, 2.05) is 48.0 Å². The van der Waals surface area contributed by atoms with Gasteiger partial charge < -0.3 is 10.0 Å². The van der Waals surface area contributed by atoms with E-state index in [1.165, 1.54) is 0 Å². The Hall–Kier alpha value is -2.25. The first-order chi connectivity index (χ1) is 13.5. The van der Waals surface area contributed by atoms with Gasteiger partial charge in [-0.3, -0.25) is 4.79 Å². The molecule has 3 aromatic rings. The smallest absolute Gasteiger partial charge is 0.308 e. The molecule has 0 saturated carbocycles. The summed E-state index contributed by atoms with van der Waals surface area (Å²) in [5, 5.41) is 15.0. The molecule has 4 rings (SSSR count). The summed E-state index contributed by atoms with van der Waals surface area (Å²) in [4.78, 5) is 19.5. The summed E-state index contributed by atoms with van der Waals surface area (Å²) in [6.07, 6.45) is 3.57. The second-order valence-corrected chi connectivity index (χ2v) is 8.24. The predicted molar refractivity (Wildman–Crippen MR) is 113 cm³/mol. The molecule has 0 amide bonds. The van der Waals surface area contributed by atoms with Gasteiger partial charge in [-0.25, -0.2) is 4.98 Å². The van der Waals surface area contributed by atoms with Gasteiger partial charge in [0.15, 0.2) is 5.65 Å².